The van der Waals surface area contributed by atoms with Crippen LogP contribution in [0.3, 0.4) is 0 Å². The Balaban J connectivity index is 2.38. The third kappa shape index (κ3) is 3.94. The number of hydrogen-bond donors (Lipinski definition) is 2. The fraction of sp³-hybridized carbons (Fsp3) is 0.750. The van der Waals surface area contributed by atoms with E-state index >= 15 is 0 Å². The molecule has 1 rings (SSSR count). The summed E-state index contributed by atoms with van der Waals surface area (Å²) in [4.78, 5) is 11.6. The van der Waals surface area contributed by atoms with Crippen molar-refractivity contribution >= 4 is 5.91 Å². The lowest BCUT2D eigenvalue weighted by Gasteiger charge is -2.32. The zero-order valence-corrected chi connectivity index (χ0v) is 10.1. The Kier molecular flexibility index (Phi) is 4.96. The zero-order valence-electron chi connectivity index (χ0n) is 10.1. The van der Waals surface area contributed by atoms with Crippen molar-refractivity contribution in [2.24, 2.45) is 0 Å². The van der Waals surface area contributed by atoms with Gasteiger partial charge in [-0.1, -0.05) is 13.0 Å². The highest BCUT2D eigenvalue weighted by Gasteiger charge is 2.30. The second kappa shape index (κ2) is 6.01. The molecule has 0 saturated carbocycles. The summed E-state index contributed by atoms with van der Waals surface area (Å²) in [6, 6.07) is 0. The number of aliphatic hydroxyl groups is 1. The Labute approximate surface area is 96.7 Å². The first kappa shape index (κ1) is 13.2. The fourth-order valence-corrected chi connectivity index (χ4v) is 1.71. The average molecular weight is 227 g/mol. The number of amides is 1. The van der Waals surface area contributed by atoms with Crippen molar-refractivity contribution in [3.63, 3.8) is 0 Å². The second-order valence-corrected chi connectivity index (χ2v) is 4.31. The maximum Gasteiger partial charge on any atom is 0.246 e. The summed E-state index contributed by atoms with van der Waals surface area (Å²) in [6.07, 6.45) is 3.90. The maximum absolute atomic E-state index is 11.6. The van der Waals surface area contributed by atoms with Crippen LogP contribution in [0, 0.1) is 0 Å². The van der Waals surface area contributed by atoms with Gasteiger partial charge in [0.2, 0.25) is 5.91 Å². The molecular formula is C12H21NO3. The maximum atomic E-state index is 11.6. The van der Waals surface area contributed by atoms with Crippen LogP contribution in [-0.4, -0.2) is 36.4 Å². The van der Waals surface area contributed by atoms with E-state index in [1.807, 2.05) is 13.0 Å². The van der Waals surface area contributed by atoms with Crippen LogP contribution >= 0.6 is 0 Å². The van der Waals surface area contributed by atoms with E-state index in [4.69, 9.17) is 4.74 Å². The number of hydrogen-bond acceptors (Lipinski definition) is 3. The van der Waals surface area contributed by atoms with Gasteiger partial charge in [0.1, 0.15) is 0 Å². The number of nitrogens with one attached hydrogen (secondary N) is 1. The molecule has 0 aromatic heterocycles. The molecule has 1 saturated heterocycles. The summed E-state index contributed by atoms with van der Waals surface area (Å²) >= 11 is 0. The van der Waals surface area contributed by atoms with Gasteiger partial charge in [0.05, 0.1) is 5.60 Å². The number of rotatable bonds is 4. The number of carbonyl (C=O) groups is 1. The van der Waals surface area contributed by atoms with Crippen molar-refractivity contribution in [2.75, 3.05) is 19.8 Å². The Morgan fingerprint density at radius 1 is 1.50 bits per heavy atom. The molecule has 1 aliphatic heterocycles. The fourth-order valence-electron chi connectivity index (χ4n) is 1.71. The molecule has 4 heteroatoms. The zero-order chi connectivity index (χ0) is 12.0. The first-order valence-corrected chi connectivity index (χ1v) is 5.82. The first-order valence-electron chi connectivity index (χ1n) is 5.82. The molecule has 0 unspecified atom stereocenters. The van der Waals surface area contributed by atoms with Gasteiger partial charge in [0.15, 0.2) is 0 Å². The molecule has 16 heavy (non-hydrogen) atoms. The summed E-state index contributed by atoms with van der Waals surface area (Å²) in [7, 11) is 0. The molecule has 0 atom stereocenters. The van der Waals surface area contributed by atoms with Crippen molar-refractivity contribution in [3.8, 4) is 0 Å². The Morgan fingerprint density at radius 2 is 2.12 bits per heavy atom. The van der Waals surface area contributed by atoms with E-state index in [0.717, 1.165) is 6.42 Å². The Bertz CT molecular complexity index is 267. The van der Waals surface area contributed by atoms with Crippen LogP contribution < -0.4 is 5.32 Å². The monoisotopic (exact) mass is 227 g/mol. The molecule has 1 amide bonds. The predicted octanol–water partition coefficient (Wildman–Crippen LogP) is 1.00. The third-order valence-corrected chi connectivity index (χ3v) is 2.87. The van der Waals surface area contributed by atoms with Crippen molar-refractivity contribution in [3.05, 3.63) is 11.6 Å². The van der Waals surface area contributed by atoms with Crippen molar-refractivity contribution in [2.45, 2.75) is 38.7 Å². The summed E-state index contributed by atoms with van der Waals surface area (Å²) in [6.45, 7) is 5.21. The second-order valence-electron chi connectivity index (χ2n) is 4.31. The molecule has 0 aliphatic carbocycles. The normalized spacial score (nSPS) is 20.6. The van der Waals surface area contributed by atoms with Crippen LogP contribution in [0.4, 0.5) is 0 Å². The smallest absolute Gasteiger partial charge is 0.246 e. The summed E-state index contributed by atoms with van der Waals surface area (Å²) < 4.78 is 5.17. The number of carbonyl (C=O) groups excluding carboxylic acids is 1. The van der Waals surface area contributed by atoms with Crippen molar-refractivity contribution in [1.29, 1.82) is 0 Å². The average Bonchev–Trinajstić information content (AvgIpc) is 2.27. The number of ether oxygens (including phenoxy) is 1. The lowest BCUT2D eigenvalue weighted by molar-refractivity contribution is -0.120. The molecule has 92 valence electrons. The van der Waals surface area contributed by atoms with Crippen LogP contribution in [0.15, 0.2) is 11.6 Å². The van der Waals surface area contributed by atoms with Crippen LogP contribution in [0.1, 0.15) is 33.1 Å². The molecular weight excluding hydrogens is 206 g/mol. The SMILES string of the molecule is CC/C=C(/C)C(=O)NCC1(O)CCOCC1. The van der Waals surface area contributed by atoms with E-state index in [2.05, 4.69) is 5.32 Å². The Morgan fingerprint density at radius 3 is 2.69 bits per heavy atom. The summed E-state index contributed by atoms with van der Waals surface area (Å²) in [5.41, 5.74) is -0.0846. The predicted molar refractivity (Wildman–Crippen MR) is 62.1 cm³/mol. The van der Waals surface area contributed by atoms with Crippen LogP contribution in [0.25, 0.3) is 0 Å². The van der Waals surface area contributed by atoms with Gasteiger partial charge >= 0.3 is 0 Å². The van der Waals surface area contributed by atoms with E-state index < -0.39 is 5.60 Å². The van der Waals surface area contributed by atoms with E-state index in [9.17, 15) is 9.90 Å². The summed E-state index contributed by atoms with van der Waals surface area (Å²) in [5, 5.41) is 12.9. The molecule has 0 aromatic carbocycles. The minimum absolute atomic E-state index is 0.0956. The molecule has 1 fully saturated rings. The molecule has 2 N–H and O–H groups in total. The van der Waals surface area contributed by atoms with Gasteiger partial charge in [0.25, 0.3) is 0 Å². The highest BCUT2D eigenvalue weighted by Crippen LogP contribution is 2.19. The van der Waals surface area contributed by atoms with Gasteiger partial charge in [-0.15, -0.1) is 0 Å². The van der Waals surface area contributed by atoms with E-state index in [1.54, 1.807) is 6.92 Å². The molecule has 0 aromatic rings. The molecule has 0 bridgehead atoms. The molecule has 1 aliphatic rings. The van der Waals surface area contributed by atoms with Gasteiger partial charge in [-0.25, -0.2) is 0 Å². The minimum atomic E-state index is -0.791. The van der Waals surface area contributed by atoms with Gasteiger partial charge in [-0.2, -0.15) is 0 Å². The highest BCUT2D eigenvalue weighted by molar-refractivity contribution is 5.92. The van der Waals surface area contributed by atoms with E-state index in [0.29, 0.717) is 38.2 Å². The van der Waals surface area contributed by atoms with Crippen molar-refractivity contribution in [1.82, 2.24) is 5.32 Å². The summed E-state index contributed by atoms with van der Waals surface area (Å²) in [5.74, 6) is -0.0956. The topological polar surface area (TPSA) is 58.6 Å². The Hall–Kier alpha value is -0.870. The van der Waals surface area contributed by atoms with Gasteiger partial charge in [0, 0.05) is 38.2 Å². The minimum Gasteiger partial charge on any atom is -0.388 e. The third-order valence-electron chi connectivity index (χ3n) is 2.87. The van der Waals surface area contributed by atoms with Crippen LogP contribution in [-0.2, 0) is 9.53 Å². The van der Waals surface area contributed by atoms with E-state index in [-0.39, 0.29) is 5.91 Å². The highest BCUT2D eigenvalue weighted by atomic mass is 16.5. The van der Waals surface area contributed by atoms with Crippen molar-refractivity contribution < 1.29 is 14.6 Å². The van der Waals surface area contributed by atoms with E-state index in [1.165, 1.54) is 0 Å². The van der Waals surface area contributed by atoms with Gasteiger partial charge in [-0.3, -0.25) is 4.79 Å². The largest absolute Gasteiger partial charge is 0.388 e. The number of allylic oxidation sites excluding steroid dienone is 1. The quantitative estimate of drug-likeness (QED) is 0.704. The molecule has 4 nitrogen and oxygen atoms in total. The van der Waals surface area contributed by atoms with Gasteiger partial charge in [-0.05, 0) is 13.3 Å². The molecule has 0 radical (unpaired) electrons. The van der Waals surface area contributed by atoms with Crippen LogP contribution in [0.2, 0.25) is 0 Å². The lowest BCUT2D eigenvalue weighted by atomic mass is 9.94. The standard InChI is InChI=1S/C12H21NO3/c1-3-4-10(2)11(14)13-9-12(15)5-7-16-8-6-12/h4,15H,3,5-9H2,1-2H3,(H,13,14)/b10-4-. The molecule has 0 spiro atoms. The molecule has 1 heterocycles. The van der Waals surface area contributed by atoms with Crippen LogP contribution in [0.5, 0.6) is 0 Å². The first-order chi connectivity index (χ1) is 7.57. The van der Waals surface area contributed by atoms with Gasteiger partial charge < -0.3 is 15.2 Å². The lowest BCUT2D eigenvalue weighted by Crippen LogP contribution is -2.46.